The van der Waals surface area contributed by atoms with E-state index in [1.54, 1.807) is 12.1 Å². The van der Waals surface area contributed by atoms with Crippen molar-refractivity contribution in [2.75, 3.05) is 18.4 Å². The van der Waals surface area contributed by atoms with Gasteiger partial charge in [0, 0.05) is 24.6 Å². The molecule has 2 heterocycles. The molecule has 134 valence electrons. The normalized spacial score (nSPS) is 17.4. The van der Waals surface area contributed by atoms with Gasteiger partial charge in [-0.25, -0.2) is 4.39 Å². The van der Waals surface area contributed by atoms with Crippen molar-refractivity contribution >= 4 is 11.6 Å². The third-order valence-electron chi connectivity index (χ3n) is 5.01. The number of halogens is 1. The van der Waals surface area contributed by atoms with Crippen molar-refractivity contribution in [2.45, 2.75) is 38.8 Å². The quantitative estimate of drug-likeness (QED) is 0.876. The zero-order chi connectivity index (χ0) is 17.6. The highest BCUT2D eigenvalue weighted by atomic mass is 19.1. The van der Waals surface area contributed by atoms with Crippen LogP contribution in [0.25, 0.3) is 0 Å². The van der Waals surface area contributed by atoms with Crippen molar-refractivity contribution in [1.82, 2.24) is 14.7 Å². The van der Waals surface area contributed by atoms with Gasteiger partial charge in [-0.1, -0.05) is 0 Å². The zero-order valence-corrected chi connectivity index (χ0v) is 14.6. The Bertz CT molecular complexity index is 663. The van der Waals surface area contributed by atoms with Crippen LogP contribution < -0.4 is 5.32 Å². The number of aromatic nitrogens is 2. The van der Waals surface area contributed by atoms with Crippen molar-refractivity contribution in [3.63, 3.8) is 0 Å². The average Bonchev–Trinajstić information content (AvgIpc) is 3.15. The number of benzene rings is 1. The molecule has 6 heteroatoms. The van der Waals surface area contributed by atoms with E-state index in [2.05, 4.69) is 15.3 Å². The number of nitrogens with zero attached hydrogens (tertiary/aromatic N) is 3. The minimum absolute atomic E-state index is 0.0402. The fraction of sp³-hybridized carbons (Fsp3) is 0.474. The maximum absolute atomic E-state index is 12.9. The van der Waals surface area contributed by atoms with Gasteiger partial charge in [0.15, 0.2) is 0 Å². The number of hydrogen-bond acceptors (Lipinski definition) is 3. The Labute approximate surface area is 147 Å². The van der Waals surface area contributed by atoms with E-state index in [0.29, 0.717) is 11.6 Å². The van der Waals surface area contributed by atoms with Crippen molar-refractivity contribution in [3.05, 3.63) is 48.5 Å². The molecule has 0 unspecified atom stereocenters. The minimum Gasteiger partial charge on any atom is -0.325 e. The second kappa shape index (κ2) is 8.25. The van der Waals surface area contributed by atoms with Crippen LogP contribution in [0, 0.1) is 11.7 Å². The number of anilines is 1. The standard InChI is InChI=1S/C19H25FN4O/c1-15(19(25)22-18-5-3-17(20)4-6-18)23-12-7-16(8-13-23)9-14-24-11-2-10-21-24/h2-6,10-11,15-16H,7-9,12-14H2,1H3,(H,22,25)/t15-/m1/s1. The van der Waals surface area contributed by atoms with Gasteiger partial charge in [0.2, 0.25) is 5.91 Å². The summed E-state index contributed by atoms with van der Waals surface area (Å²) in [5.74, 6) is 0.345. The van der Waals surface area contributed by atoms with Gasteiger partial charge < -0.3 is 5.32 Å². The third-order valence-corrected chi connectivity index (χ3v) is 5.01. The number of likely N-dealkylation sites (tertiary alicyclic amines) is 1. The molecule has 0 spiro atoms. The first-order valence-corrected chi connectivity index (χ1v) is 8.90. The van der Waals surface area contributed by atoms with Crippen molar-refractivity contribution in [3.8, 4) is 0 Å². The van der Waals surface area contributed by atoms with E-state index in [1.165, 1.54) is 12.1 Å². The van der Waals surface area contributed by atoms with Gasteiger partial charge in [0.1, 0.15) is 5.82 Å². The molecule has 0 radical (unpaired) electrons. The Morgan fingerprint density at radius 1 is 1.32 bits per heavy atom. The van der Waals surface area contributed by atoms with Crippen molar-refractivity contribution < 1.29 is 9.18 Å². The Balaban J connectivity index is 1.43. The van der Waals surface area contributed by atoms with Gasteiger partial charge >= 0.3 is 0 Å². The predicted octanol–water partition coefficient (Wildman–Crippen LogP) is 3.15. The van der Waals surface area contributed by atoms with Gasteiger partial charge in [-0.05, 0) is 75.5 Å². The summed E-state index contributed by atoms with van der Waals surface area (Å²) in [6, 6.07) is 7.64. The van der Waals surface area contributed by atoms with Crippen LogP contribution in [0.3, 0.4) is 0 Å². The Hall–Kier alpha value is -2.21. The maximum atomic E-state index is 12.9. The number of hydrogen-bond donors (Lipinski definition) is 1. The van der Waals surface area contributed by atoms with E-state index in [1.807, 2.05) is 30.1 Å². The highest BCUT2D eigenvalue weighted by molar-refractivity contribution is 5.94. The molecular formula is C19H25FN4O. The Kier molecular flexibility index (Phi) is 5.81. The lowest BCUT2D eigenvalue weighted by Crippen LogP contribution is -2.46. The number of aryl methyl sites for hydroxylation is 1. The molecule has 5 nitrogen and oxygen atoms in total. The van der Waals surface area contributed by atoms with Gasteiger partial charge in [0.25, 0.3) is 0 Å². The number of carbonyl (C=O) groups excluding carboxylic acids is 1. The van der Waals surface area contributed by atoms with Gasteiger partial charge in [-0.15, -0.1) is 0 Å². The van der Waals surface area contributed by atoms with E-state index in [4.69, 9.17) is 0 Å². The molecule has 1 N–H and O–H groups in total. The van der Waals surface area contributed by atoms with Crippen molar-refractivity contribution in [1.29, 1.82) is 0 Å². The van der Waals surface area contributed by atoms with Gasteiger partial charge in [-0.2, -0.15) is 5.10 Å². The number of piperidine rings is 1. The van der Waals surface area contributed by atoms with Crippen molar-refractivity contribution in [2.24, 2.45) is 5.92 Å². The molecular weight excluding hydrogens is 319 g/mol. The maximum Gasteiger partial charge on any atom is 0.241 e. The molecule has 1 aliphatic heterocycles. The number of carbonyl (C=O) groups is 1. The molecule has 25 heavy (non-hydrogen) atoms. The van der Waals surface area contributed by atoms with Crippen LogP contribution in [-0.4, -0.2) is 39.7 Å². The molecule has 3 rings (SSSR count). The fourth-order valence-electron chi connectivity index (χ4n) is 3.32. The molecule has 1 amide bonds. The predicted molar refractivity (Wildman–Crippen MR) is 95.6 cm³/mol. The zero-order valence-electron chi connectivity index (χ0n) is 14.6. The SMILES string of the molecule is C[C@H](C(=O)Nc1ccc(F)cc1)N1CCC(CCn2cccn2)CC1. The summed E-state index contributed by atoms with van der Waals surface area (Å²) < 4.78 is 14.9. The summed E-state index contributed by atoms with van der Waals surface area (Å²) in [6.07, 6.45) is 7.15. The highest BCUT2D eigenvalue weighted by Gasteiger charge is 2.26. The van der Waals surface area contributed by atoms with Gasteiger partial charge in [0.05, 0.1) is 6.04 Å². The largest absolute Gasteiger partial charge is 0.325 e. The van der Waals surface area contributed by atoms with E-state index in [0.717, 1.165) is 38.9 Å². The van der Waals surface area contributed by atoms with Crippen LogP contribution in [-0.2, 0) is 11.3 Å². The molecule has 1 aromatic heterocycles. The third kappa shape index (κ3) is 4.89. The summed E-state index contributed by atoms with van der Waals surface area (Å²) in [4.78, 5) is 14.6. The molecule has 1 atom stereocenters. The molecule has 0 bridgehead atoms. The molecule has 0 aliphatic carbocycles. The lowest BCUT2D eigenvalue weighted by molar-refractivity contribution is -0.121. The van der Waals surface area contributed by atoms with E-state index in [-0.39, 0.29) is 17.8 Å². The Morgan fingerprint density at radius 3 is 2.68 bits per heavy atom. The summed E-state index contributed by atoms with van der Waals surface area (Å²) in [5, 5.41) is 7.10. The van der Waals surface area contributed by atoms with Crippen LogP contribution >= 0.6 is 0 Å². The number of rotatable bonds is 6. The molecule has 2 aromatic rings. The lowest BCUT2D eigenvalue weighted by Gasteiger charge is -2.35. The summed E-state index contributed by atoms with van der Waals surface area (Å²) in [6.45, 7) is 4.75. The Morgan fingerprint density at radius 2 is 2.04 bits per heavy atom. The van der Waals surface area contributed by atoms with Crippen LogP contribution in [0.2, 0.25) is 0 Å². The molecule has 1 fully saturated rings. The van der Waals surface area contributed by atoms with Gasteiger partial charge in [-0.3, -0.25) is 14.4 Å². The summed E-state index contributed by atoms with van der Waals surface area (Å²) in [7, 11) is 0. The molecule has 0 saturated carbocycles. The smallest absolute Gasteiger partial charge is 0.241 e. The molecule has 1 aromatic carbocycles. The van der Waals surface area contributed by atoms with Crippen LogP contribution in [0.5, 0.6) is 0 Å². The average molecular weight is 344 g/mol. The monoisotopic (exact) mass is 344 g/mol. The summed E-state index contributed by atoms with van der Waals surface area (Å²) >= 11 is 0. The van der Waals surface area contributed by atoms with Crippen LogP contribution in [0.15, 0.2) is 42.7 Å². The topological polar surface area (TPSA) is 50.2 Å². The molecule has 1 aliphatic rings. The minimum atomic E-state index is -0.303. The summed E-state index contributed by atoms with van der Waals surface area (Å²) in [5.41, 5.74) is 0.632. The second-order valence-corrected chi connectivity index (χ2v) is 6.71. The number of amides is 1. The first-order chi connectivity index (χ1) is 12.1. The van der Waals surface area contributed by atoms with Crippen LogP contribution in [0.1, 0.15) is 26.2 Å². The highest BCUT2D eigenvalue weighted by Crippen LogP contribution is 2.23. The van der Waals surface area contributed by atoms with E-state index >= 15 is 0 Å². The lowest BCUT2D eigenvalue weighted by atomic mass is 9.93. The fourth-order valence-corrected chi connectivity index (χ4v) is 3.32. The van der Waals surface area contributed by atoms with E-state index in [9.17, 15) is 9.18 Å². The van der Waals surface area contributed by atoms with Crippen LogP contribution in [0.4, 0.5) is 10.1 Å². The first kappa shape index (κ1) is 17.6. The first-order valence-electron chi connectivity index (χ1n) is 8.90. The second-order valence-electron chi connectivity index (χ2n) is 6.71. The molecule has 1 saturated heterocycles. The van der Waals surface area contributed by atoms with E-state index < -0.39 is 0 Å². The number of nitrogens with one attached hydrogen (secondary N) is 1.